The van der Waals surface area contributed by atoms with E-state index in [0.717, 1.165) is 0 Å². The Morgan fingerprint density at radius 2 is 0.600 bits per heavy atom. The molecule has 0 aliphatic rings. The topological polar surface area (TPSA) is 20.2 Å². The van der Waals surface area contributed by atoms with Crippen LogP contribution in [0.5, 0.6) is 0 Å². The van der Waals surface area contributed by atoms with Gasteiger partial charge in [0.05, 0.1) is 21.4 Å². The van der Waals surface area contributed by atoms with Crippen LogP contribution in [0.3, 0.4) is 0 Å². The Bertz CT molecular complexity index is 30.7. The molecule has 0 atom stereocenters. The van der Waals surface area contributed by atoms with Crippen LogP contribution in [0.15, 0.2) is 0 Å². The fourth-order valence-corrected chi connectivity index (χ4v) is 0. The number of hydrogen-bond donors (Lipinski definition) is 1. The van der Waals surface area contributed by atoms with E-state index in [9.17, 15) is 0 Å². The molecule has 1 N–H and O–H groups in total. The van der Waals surface area contributed by atoms with E-state index in [-0.39, 0.29) is 28.0 Å². The maximum Gasteiger partial charge on any atom is 0.0967 e. The van der Waals surface area contributed by atoms with E-state index < -0.39 is 0 Å². The third-order valence-electron chi connectivity index (χ3n) is 0. The molecular formula is C6H14Cl8O. The summed E-state index contributed by atoms with van der Waals surface area (Å²) >= 11 is 38.1. The van der Waals surface area contributed by atoms with Crippen LogP contribution in [0.2, 0.25) is 0 Å². The van der Waals surface area contributed by atoms with Crippen LogP contribution >= 0.6 is 92.8 Å². The lowest BCUT2D eigenvalue weighted by Crippen LogP contribution is -1.57. The molecule has 0 spiro atoms. The predicted molar refractivity (Wildman–Crippen MR) is 79.1 cm³/mol. The summed E-state index contributed by atoms with van der Waals surface area (Å²) in [5.41, 5.74) is 0. The zero-order chi connectivity index (χ0) is 13.5. The molecule has 0 aliphatic heterocycles. The number of aliphatic hydroxyl groups is 1. The highest BCUT2D eigenvalue weighted by Gasteiger charge is 1.42. The molecule has 1 nitrogen and oxygen atoms in total. The summed E-state index contributed by atoms with van der Waals surface area (Å²) in [6.45, 7) is 1.93. The lowest BCUT2D eigenvalue weighted by Gasteiger charge is -1.52. The lowest BCUT2D eigenvalue weighted by molar-refractivity contribution is 0.318. The van der Waals surface area contributed by atoms with E-state index in [1.54, 1.807) is 6.92 Å². The molecule has 0 heterocycles. The summed E-state index contributed by atoms with van der Waals surface area (Å²) < 4.78 is 0. The number of hydrogen-bond acceptors (Lipinski definition) is 1. The minimum atomic E-state index is 0.194. The zero-order valence-corrected chi connectivity index (χ0v) is 14.1. The number of aliphatic hydroxyl groups excluding tert-OH is 1. The van der Waals surface area contributed by atoms with Gasteiger partial charge < -0.3 is 5.11 Å². The molecule has 0 amide bonds. The molecule has 0 aromatic heterocycles. The Morgan fingerprint density at radius 3 is 0.600 bits per heavy atom. The van der Waals surface area contributed by atoms with Gasteiger partial charge in [0.25, 0.3) is 0 Å². The van der Waals surface area contributed by atoms with Gasteiger partial charge in [-0.2, -0.15) is 0 Å². The van der Waals surface area contributed by atoms with Crippen molar-refractivity contribution in [2.45, 2.75) is 6.92 Å². The molecule has 0 unspecified atom stereocenters. The Kier molecular flexibility index (Phi) is 145. The minimum absolute atomic E-state index is 0.194. The highest BCUT2D eigenvalue weighted by Crippen LogP contribution is 1.74. The monoisotopic (exact) mass is 382 g/mol. The number of alkyl halides is 8. The second kappa shape index (κ2) is 71.7. The molecule has 0 radical (unpaired) electrons. The van der Waals surface area contributed by atoms with E-state index in [1.165, 1.54) is 0 Å². The summed E-state index contributed by atoms with van der Waals surface area (Å²) in [7, 11) is 0. The quantitative estimate of drug-likeness (QED) is 0.531. The van der Waals surface area contributed by atoms with Gasteiger partial charge in [-0.3, -0.25) is 0 Å². The molecule has 100 valence electrons. The van der Waals surface area contributed by atoms with Crippen molar-refractivity contribution in [1.82, 2.24) is 0 Å². The molecule has 0 rings (SSSR count). The summed E-state index contributed by atoms with van der Waals surface area (Å²) in [5.74, 6) is 0. The van der Waals surface area contributed by atoms with Crippen molar-refractivity contribution in [3.8, 4) is 0 Å². The van der Waals surface area contributed by atoms with Gasteiger partial charge in [-0.25, -0.2) is 0 Å². The van der Waals surface area contributed by atoms with E-state index in [1.807, 2.05) is 0 Å². The van der Waals surface area contributed by atoms with Crippen molar-refractivity contribution >= 4 is 92.8 Å². The van der Waals surface area contributed by atoms with E-state index in [2.05, 4.69) is 0 Å². The Balaban J connectivity index is -0.0000000278. The molecular weight excluding hydrogens is 372 g/mol. The molecule has 0 fully saturated rings. The third-order valence-corrected chi connectivity index (χ3v) is 0. The van der Waals surface area contributed by atoms with E-state index in [0.29, 0.717) is 0 Å². The van der Waals surface area contributed by atoms with Crippen LogP contribution < -0.4 is 0 Å². The van der Waals surface area contributed by atoms with Crippen LogP contribution in [0.25, 0.3) is 0 Å². The van der Waals surface area contributed by atoms with Crippen LogP contribution in [-0.4, -0.2) is 33.1 Å². The maximum absolute atomic E-state index is 7.57. The first-order chi connectivity index (χ1) is 7.07. The van der Waals surface area contributed by atoms with Gasteiger partial charge in [-0.15, -0.1) is 92.8 Å². The van der Waals surface area contributed by atoms with Crippen molar-refractivity contribution in [1.29, 1.82) is 0 Å². The third kappa shape index (κ3) is 639. The van der Waals surface area contributed by atoms with Gasteiger partial charge in [0.15, 0.2) is 0 Å². The molecule has 0 aromatic rings. The smallest absolute Gasteiger partial charge is 0.0967 e. The first-order valence-electron chi connectivity index (χ1n) is 3.16. The summed E-state index contributed by atoms with van der Waals surface area (Å²) in [5, 5.41) is 8.35. The molecule has 0 saturated heterocycles. The van der Waals surface area contributed by atoms with Gasteiger partial charge in [0, 0.05) is 6.61 Å². The average Bonchev–Trinajstić information content (AvgIpc) is 2.09. The first kappa shape index (κ1) is 30.4. The highest BCUT2D eigenvalue weighted by molar-refractivity contribution is 6.41. The fraction of sp³-hybridized carbons (Fsp3) is 1.00. The maximum atomic E-state index is 7.57. The number of halogens is 8. The second-order valence-corrected chi connectivity index (χ2v) is 3.95. The predicted octanol–water partition coefficient (Wildman–Crippen LogP) is 5.68. The standard InChI is InChI=1S/C2H6O.4CH2Cl2/c1-2-3;4*2-1-3/h3H,2H2,1H3;4*1H2. The molecule has 0 aromatic carbocycles. The molecule has 0 bridgehead atoms. The lowest BCUT2D eigenvalue weighted by atomic mass is 10.9. The van der Waals surface area contributed by atoms with Gasteiger partial charge in [-0.1, -0.05) is 0 Å². The van der Waals surface area contributed by atoms with Gasteiger partial charge >= 0.3 is 0 Å². The van der Waals surface area contributed by atoms with Gasteiger partial charge in [0.2, 0.25) is 0 Å². The highest BCUT2D eigenvalue weighted by atomic mass is 35.5. The second-order valence-electron chi connectivity index (χ2n) is 0.720. The number of rotatable bonds is 0. The summed E-state index contributed by atoms with van der Waals surface area (Å²) in [4.78, 5) is 0. The van der Waals surface area contributed by atoms with Crippen molar-refractivity contribution in [3.05, 3.63) is 0 Å². The van der Waals surface area contributed by atoms with E-state index >= 15 is 0 Å². The average molecular weight is 386 g/mol. The van der Waals surface area contributed by atoms with Crippen molar-refractivity contribution in [2.24, 2.45) is 0 Å². The molecule has 0 saturated carbocycles. The molecule has 0 aliphatic carbocycles. The normalized spacial score (nSPS) is 6.00. The van der Waals surface area contributed by atoms with Crippen molar-refractivity contribution < 1.29 is 5.11 Å². The Hall–Kier alpha value is 2.28. The van der Waals surface area contributed by atoms with Crippen molar-refractivity contribution in [3.63, 3.8) is 0 Å². The van der Waals surface area contributed by atoms with Gasteiger partial charge in [-0.05, 0) is 6.92 Å². The van der Waals surface area contributed by atoms with Crippen LogP contribution in [-0.2, 0) is 0 Å². The largest absolute Gasteiger partial charge is 0.397 e. The SMILES string of the molecule is CCO.ClCCl.ClCCl.ClCCl.ClCCl. The molecule has 15 heavy (non-hydrogen) atoms. The van der Waals surface area contributed by atoms with Crippen LogP contribution in [0.4, 0.5) is 0 Å². The van der Waals surface area contributed by atoms with Crippen LogP contribution in [0, 0.1) is 0 Å². The Labute approximate surface area is 132 Å². The summed E-state index contributed by atoms with van der Waals surface area (Å²) in [6, 6.07) is 0. The van der Waals surface area contributed by atoms with Crippen molar-refractivity contribution in [2.75, 3.05) is 28.0 Å². The van der Waals surface area contributed by atoms with Gasteiger partial charge in [0.1, 0.15) is 0 Å². The summed E-state index contributed by atoms with van der Waals surface area (Å²) in [6.07, 6.45) is 0. The fourth-order valence-electron chi connectivity index (χ4n) is 0. The minimum Gasteiger partial charge on any atom is -0.397 e. The van der Waals surface area contributed by atoms with Crippen LogP contribution in [0.1, 0.15) is 6.92 Å². The first-order valence-corrected chi connectivity index (χ1v) is 7.44. The van der Waals surface area contributed by atoms with E-state index in [4.69, 9.17) is 97.9 Å². The zero-order valence-electron chi connectivity index (χ0n) is 8.01. The Morgan fingerprint density at radius 1 is 0.600 bits per heavy atom. The molecule has 9 heteroatoms.